The van der Waals surface area contributed by atoms with E-state index in [2.05, 4.69) is 9.97 Å². The second-order valence-corrected chi connectivity index (χ2v) is 3.99. The van der Waals surface area contributed by atoms with E-state index in [-0.39, 0.29) is 5.95 Å². The Kier molecular flexibility index (Phi) is 3.40. The largest absolute Gasteiger partial charge is 0.250 e. The van der Waals surface area contributed by atoms with Crippen molar-refractivity contribution in [2.75, 3.05) is 11.9 Å². The molecule has 0 aliphatic carbocycles. The van der Waals surface area contributed by atoms with E-state index in [4.69, 9.17) is 16.9 Å². The third-order valence-electron chi connectivity index (χ3n) is 2.33. The summed E-state index contributed by atoms with van der Waals surface area (Å²) in [6.45, 7) is 0. The minimum Gasteiger partial charge on any atom is -0.250 e. The molecule has 1 aromatic heterocycles. The van der Waals surface area contributed by atoms with Crippen LogP contribution in [0.2, 0.25) is 5.02 Å². The first kappa shape index (κ1) is 12.3. The fourth-order valence-electron chi connectivity index (χ4n) is 1.40. The second-order valence-electron chi connectivity index (χ2n) is 3.55. The van der Waals surface area contributed by atoms with Crippen molar-refractivity contribution in [3.8, 4) is 17.3 Å². The van der Waals surface area contributed by atoms with Crippen LogP contribution in [0.5, 0.6) is 0 Å². The molecule has 0 radical (unpaired) electrons. The lowest BCUT2D eigenvalue weighted by Crippen LogP contribution is -2.11. The first-order valence-corrected chi connectivity index (χ1v) is 5.40. The summed E-state index contributed by atoms with van der Waals surface area (Å²) in [7, 11) is 1.54. The fraction of sp³-hybridized carbons (Fsp3) is 0.0833. The van der Waals surface area contributed by atoms with E-state index in [1.807, 2.05) is 6.19 Å². The van der Waals surface area contributed by atoms with Crippen molar-refractivity contribution < 1.29 is 4.39 Å². The molecule has 1 aromatic carbocycles. The number of aromatic nitrogens is 2. The van der Waals surface area contributed by atoms with Crippen LogP contribution in [-0.4, -0.2) is 17.0 Å². The number of nitrogens with zero attached hydrogens (tertiary/aromatic N) is 4. The lowest BCUT2D eigenvalue weighted by atomic mass is 10.1. The molecule has 0 saturated carbocycles. The first-order chi connectivity index (χ1) is 8.61. The van der Waals surface area contributed by atoms with Crippen LogP contribution in [0.25, 0.3) is 11.1 Å². The van der Waals surface area contributed by atoms with Crippen molar-refractivity contribution >= 4 is 17.5 Å². The molecule has 0 aliphatic heterocycles. The zero-order valence-corrected chi connectivity index (χ0v) is 10.2. The van der Waals surface area contributed by atoms with Gasteiger partial charge in [-0.15, -0.1) is 0 Å². The summed E-state index contributed by atoms with van der Waals surface area (Å²) in [6, 6.07) is 4.26. The summed E-state index contributed by atoms with van der Waals surface area (Å²) in [4.78, 5) is 9.16. The van der Waals surface area contributed by atoms with Crippen LogP contribution in [0.4, 0.5) is 10.3 Å². The Morgan fingerprint density at radius 1 is 1.33 bits per heavy atom. The molecule has 0 spiro atoms. The van der Waals surface area contributed by atoms with Gasteiger partial charge >= 0.3 is 0 Å². The molecule has 0 amide bonds. The normalized spacial score (nSPS) is 9.89. The van der Waals surface area contributed by atoms with E-state index in [1.54, 1.807) is 0 Å². The van der Waals surface area contributed by atoms with Gasteiger partial charge in [0.15, 0.2) is 6.19 Å². The van der Waals surface area contributed by atoms with Gasteiger partial charge in [0.1, 0.15) is 5.82 Å². The molecule has 2 aromatic rings. The molecule has 1 heterocycles. The quantitative estimate of drug-likeness (QED) is 0.617. The highest BCUT2D eigenvalue weighted by molar-refractivity contribution is 6.30. The maximum atomic E-state index is 13.6. The highest BCUT2D eigenvalue weighted by atomic mass is 35.5. The molecular weight excluding hydrogens is 255 g/mol. The Balaban J connectivity index is 2.41. The maximum Gasteiger partial charge on any atom is 0.238 e. The maximum absolute atomic E-state index is 13.6. The van der Waals surface area contributed by atoms with Crippen LogP contribution in [0.3, 0.4) is 0 Å². The SMILES string of the molecule is CN(C#N)c1ncc(-c2cc(Cl)ccc2F)cn1. The summed E-state index contributed by atoms with van der Waals surface area (Å²) in [5.74, 6) is -0.145. The van der Waals surface area contributed by atoms with E-state index in [9.17, 15) is 4.39 Å². The van der Waals surface area contributed by atoms with Crippen LogP contribution >= 0.6 is 11.6 Å². The predicted molar refractivity (Wildman–Crippen MR) is 66.5 cm³/mol. The Morgan fingerprint density at radius 3 is 2.61 bits per heavy atom. The molecule has 0 saturated heterocycles. The van der Waals surface area contributed by atoms with Crippen molar-refractivity contribution in [1.29, 1.82) is 5.26 Å². The third kappa shape index (κ3) is 2.39. The van der Waals surface area contributed by atoms with E-state index >= 15 is 0 Å². The van der Waals surface area contributed by atoms with Gasteiger partial charge in [0.05, 0.1) is 0 Å². The Labute approximate surface area is 108 Å². The number of benzene rings is 1. The Hall–Kier alpha value is -2.19. The van der Waals surface area contributed by atoms with E-state index in [0.29, 0.717) is 16.1 Å². The van der Waals surface area contributed by atoms with Gasteiger partial charge in [0.2, 0.25) is 5.95 Å². The Morgan fingerprint density at radius 2 is 2.00 bits per heavy atom. The molecule has 0 fully saturated rings. The lowest BCUT2D eigenvalue weighted by molar-refractivity contribution is 0.631. The van der Waals surface area contributed by atoms with Crippen molar-refractivity contribution in [2.24, 2.45) is 0 Å². The average molecular weight is 263 g/mol. The van der Waals surface area contributed by atoms with Crippen LogP contribution < -0.4 is 4.90 Å². The van der Waals surface area contributed by atoms with Crippen molar-refractivity contribution in [1.82, 2.24) is 9.97 Å². The monoisotopic (exact) mass is 262 g/mol. The van der Waals surface area contributed by atoms with Gasteiger partial charge in [-0.1, -0.05) is 11.6 Å². The third-order valence-corrected chi connectivity index (χ3v) is 2.56. The molecule has 90 valence electrons. The highest BCUT2D eigenvalue weighted by Gasteiger charge is 2.08. The summed E-state index contributed by atoms with van der Waals surface area (Å²) >= 11 is 5.81. The second kappa shape index (κ2) is 4.98. The lowest BCUT2D eigenvalue weighted by Gasteiger charge is -2.07. The smallest absolute Gasteiger partial charge is 0.238 e. The predicted octanol–water partition coefficient (Wildman–Crippen LogP) is 2.85. The molecule has 0 aliphatic rings. The molecule has 0 bridgehead atoms. The Bertz CT molecular complexity index is 606. The van der Waals surface area contributed by atoms with E-state index in [0.717, 1.165) is 0 Å². The average Bonchev–Trinajstić information content (AvgIpc) is 2.41. The molecule has 18 heavy (non-hydrogen) atoms. The zero-order valence-electron chi connectivity index (χ0n) is 9.43. The number of hydrogen-bond donors (Lipinski definition) is 0. The molecule has 0 atom stereocenters. The van der Waals surface area contributed by atoms with Crippen molar-refractivity contribution in [2.45, 2.75) is 0 Å². The number of anilines is 1. The molecule has 6 heteroatoms. The fourth-order valence-corrected chi connectivity index (χ4v) is 1.57. The highest BCUT2D eigenvalue weighted by Crippen LogP contribution is 2.25. The molecule has 4 nitrogen and oxygen atoms in total. The molecule has 0 N–H and O–H groups in total. The zero-order chi connectivity index (χ0) is 13.1. The standard InChI is InChI=1S/C12H8ClFN4/c1-18(7-15)12-16-5-8(6-17-12)10-4-9(13)2-3-11(10)14/h2-6H,1H3. The summed E-state index contributed by atoms with van der Waals surface area (Å²) < 4.78 is 13.6. The number of hydrogen-bond acceptors (Lipinski definition) is 4. The van der Waals surface area contributed by atoms with Gasteiger partial charge in [0, 0.05) is 35.6 Å². The van der Waals surface area contributed by atoms with Crippen LogP contribution in [0, 0.1) is 17.3 Å². The van der Waals surface area contributed by atoms with Gasteiger partial charge in [0.25, 0.3) is 0 Å². The summed E-state index contributed by atoms with van der Waals surface area (Å²) in [6.07, 6.45) is 4.77. The van der Waals surface area contributed by atoms with Crippen molar-refractivity contribution in [3.05, 3.63) is 41.4 Å². The van der Waals surface area contributed by atoms with Gasteiger partial charge in [-0.25, -0.2) is 14.4 Å². The summed E-state index contributed by atoms with van der Waals surface area (Å²) in [5.41, 5.74) is 0.832. The van der Waals surface area contributed by atoms with Crippen molar-refractivity contribution in [3.63, 3.8) is 0 Å². The molecule has 0 unspecified atom stereocenters. The minimum absolute atomic E-state index is 0.253. The van der Waals surface area contributed by atoms with Gasteiger partial charge < -0.3 is 0 Å². The minimum atomic E-state index is -0.399. The topological polar surface area (TPSA) is 52.8 Å². The van der Waals surface area contributed by atoms with Crippen LogP contribution in [0.1, 0.15) is 0 Å². The van der Waals surface area contributed by atoms with E-state index in [1.165, 1.54) is 42.5 Å². The van der Waals surface area contributed by atoms with E-state index < -0.39 is 5.82 Å². The van der Waals surface area contributed by atoms with Crippen LogP contribution in [0.15, 0.2) is 30.6 Å². The number of halogens is 2. The molecule has 2 rings (SSSR count). The number of rotatable bonds is 2. The summed E-state index contributed by atoms with van der Waals surface area (Å²) in [5, 5.41) is 9.11. The first-order valence-electron chi connectivity index (χ1n) is 5.02. The van der Waals surface area contributed by atoms with Gasteiger partial charge in [-0.2, -0.15) is 5.26 Å². The van der Waals surface area contributed by atoms with Gasteiger partial charge in [-0.3, -0.25) is 4.90 Å². The molecular formula is C12H8ClFN4. The van der Waals surface area contributed by atoms with Gasteiger partial charge in [-0.05, 0) is 18.2 Å². The number of nitriles is 1. The van der Waals surface area contributed by atoms with Crippen LogP contribution in [-0.2, 0) is 0 Å².